The van der Waals surface area contributed by atoms with Gasteiger partial charge in [0.25, 0.3) is 5.91 Å². The smallest absolute Gasteiger partial charge is 0.325 e. The molecule has 2 aliphatic heterocycles. The van der Waals surface area contributed by atoms with Crippen LogP contribution >= 0.6 is 11.8 Å². The lowest BCUT2D eigenvalue weighted by molar-refractivity contribution is -0.127. The summed E-state index contributed by atoms with van der Waals surface area (Å²) in [6.07, 6.45) is 0.230. The second kappa shape index (κ2) is 9.21. The van der Waals surface area contributed by atoms with E-state index < -0.39 is 18.2 Å². The van der Waals surface area contributed by atoms with E-state index in [1.54, 1.807) is 18.8 Å². The van der Waals surface area contributed by atoms with Crippen LogP contribution in [0.2, 0.25) is 0 Å². The van der Waals surface area contributed by atoms with Gasteiger partial charge in [-0.1, -0.05) is 60.3 Å². The maximum atomic E-state index is 12.6. The lowest BCUT2D eigenvalue weighted by atomic mass is 10.1. The van der Waals surface area contributed by atoms with Crippen molar-refractivity contribution in [2.45, 2.75) is 24.4 Å². The molecule has 2 aliphatic rings. The summed E-state index contributed by atoms with van der Waals surface area (Å²) in [5, 5.41) is 3.22. The fourth-order valence-electron chi connectivity index (χ4n) is 3.52. The van der Waals surface area contributed by atoms with Crippen LogP contribution in [0.4, 0.5) is 4.79 Å². The van der Waals surface area contributed by atoms with Gasteiger partial charge in [-0.05, 0) is 24.1 Å². The van der Waals surface area contributed by atoms with E-state index in [0.717, 1.165) is 23.1 Å². The Labute approximate surface area is 180 Å². The molecule has 8 heteroatoms. The highest BCUT2D eigenvalue weighted by molar-refractivity contribution is 8.13. The number of para-hydroxylation sites is 1. The maximum absolute atomic E-state index is 12.6. The van der Waals surface area contributed by atoms with Gasteiger partial charge in [-0.2, -0.15) is 0 Å². The first-order valence-corrected chi connectivity index (χ1v) is 10.9. The first-order chi connectivity index (χ1) is 14.6. The average molecular weight is 425 g/mol. The van der Waals surface area contributed by atoms with E-state index in [-0.39, 0.29) is 5.91 Å². The Morgan fingerprint density at radius 2 is 1.77 bits per heavy atom. The van der Waals surface area contributed by atoms with Crippen molar-refractivity contribution in [1.82, 2.24) is 15.1 Å². The quantitative estimate of drug-likeness (QED) is 0.692. The highest BCUT2D eigenvalue weighted by atomic mass is 32.2. The molecule has 2 aromatic carbocycles. The van der Waals surface area contributed by atoms with Gasteiger partial charge in [0.2, 0.25) is 0 Å². The van der Waals surface area contributed by atoms with Crippen LogP contribution in [0.3, 0.4) is 0 Å². The number of nitrogens with one attached hydrogen (secondary N) is 1. The number of urea groups is 1. The summed E-state index contributed by atoms with van der Waals surface area (Å²) in [5.74, 6) is 1.27. The van der Waals surface area contributed by atoms with Crippen LogP contribution in [0.15, 0.2) is 65.7 Å². The van der Waals surface area contributed by atoms with Gasteiger partial charge in [0.15, 0.2) is 17.4 Å². The Bertz CT molecular complexity index is 922. The number of nitrogens with zero attached hydrogens (tertiary/aromatic N) is 3. The zero-order valence-corrected chi connectivity index (χ0v) is 17.5. The van der Waals surface area contributed by atoms with E-state index in [1.807, 2.05) is 53.4 Å². The molecule has 1 saturated heterocycles. The molecular formula is C22H24N4O3S. The van der Waals surface area contributed by atoms with Crippen molar-refractivity contribution in [3.05, 3.63) is 66.2 Å². The lowest BCUT2D eigenvalue weighted by Gasteiger charge is -2.36. The van der Waals surface area contributed by atoms with Gasteiger partial charge in [-0.3, -0.25) is 10.1 Å². The predicted octanol–water partition coefficient (Wildman–Crippen LogP) is 2.94. The van der Waals surface area contributed by atoms with Crippen LogP contribution in [0, 0.1) is 0 Å². The highest BCUT2D eigenvalue weighted by Gasteiger charge is 2.48. The van der Waals surface area contributed by atoms with Crippen molar-refractivity contribution in [2.75, 3.05) is 20.2 Å². The topological polar surface area (TPSA) is 74.2 Å². The number of aliphatic imine (C=N–C) groups is 1. The van der Waals surface area contributed by atoms with Crippen molar-refractivity contribution in [3.63, 3.8) is 0 Å². The summed E-state index contributed by atoms with van der Waals surface area (Å²) >= 11 is 1.59. The van der Waals surface area contributed by atoms with Gasteiger partial charge in [0.05, 0.1) is 6.61 Å². The van der Waals surface area contributed by atoms with Crippen molar-refractivity contribution in [1.29, 1.82) is 0 Å². The largest absolute Gasteiger partial charge is 0.494 e. The number of fused-ring (bicyclic) bond motifs is 1. The van der Waals surface area contributed by atoms with E-state index in [9.17, 15) is 9.59 Å². The summed E-state index contributed by atoms with van der Waals surface area (Å²) in [6.45, 7) is 1.15. The summed E-state index contributed by atoms with van der Waals surface area (Å²) in [4.78, 5) is 32.9. The molecule has 156 valence electrons. The van der Waals surface area contributed by atoms with Crippen LogP contribution in [-0.4, -0.2) is 59.3 Å². The summed E-state index contributed by atoms with van der Waals surface area (Å²) in [6, 6.07) is 18.9. The number of imide groups is 1. The number of benzene rings is 2. The second-order valence-electron chi connectivity index (χ2n) is 7.16. The van der Waals surface area contributed by atoms with E-state index in [4.69, 9.17) is 9.73 Å². The molecule has 0 radical (unpaired) electrons. The van der Waals surface area contributed by atoms with Crippen molar-refractivity contribution < 1.29 is 14.3 Å². The number of ether oxygens (including phenoxy) is 1. The third-order valence-corrected chi connectivity index (χ3v) is 6.16. The van der Waals surface area contributed by atoms with Crippen LogP contribution in [-0.2, 0) is 10.5 Å². The van der Waals surface area contributed by atoms with Crippen LogP contribution in [0.5, 0.6) is 5.75 Å². The Balaban J connectivity index is 1.43. The Kier molecular flexibility index (Phi) is 6.23. The molecule has 0 aromatic heterocycles. The Morgan fingerprint density at radius 3 is 2.50 bits per heavy atom. The van der Waals surface area contributed by atoms with E-state index >= 15 is 0 Å². The molecule has 3 amide bonds. The normalized spacial score (nSPS) is 20.6. The monoisotopic (exact) mass is 424 g/mol. The molecule has 2 atom stereocenters. The van der Waals surface area contributed by atoms with Crippen LogP contribution in [0.25, 0.3) is 0 Å². The second-order valence-corrected chi connectivity index (χ2v) is 8.10. The summed E-state index contributed by atoms with van der Waals surface area (Å²) < 4.78 is 5.79. The number of likely N-dealkylation sites (N-methyl/N-ethyl adjacent to an activating group) is 1. The van der Waals surface area contributed by atoms with E-state index in [2.05, 4.69) is 17.4 Å². The minimum Gasteiger partial charge on any atom is -0.494 e. The van der Waals surface area contributed by atoms with Crippen molar-refractivity contribution >= 4 is 28.9 Å². The van der Waals surface area contributed by atoms with Crippen molar-refractivity contribution in [2.24, 2.45) is 4.99 Å². The standard InChI is InChI=1S/C22H24N4O3S/c1-25-19-18(20(27)24-21(25)28)26(13-8-14-29-17-11-6-3-7-12-17)22(23-19)30-15-16-9-4-2-5-10-16/h2-7,9-12,18-19H,8,13-15H2,1H3,(H,24,27,28). The zero-order chi connectivity index (χ0) is 20.9. The molecule has 30 heavy (non-hydrogen) atoms. The summed E-state index contributed by atoms with van der Waals surface area (Å²) in [5.41, 5.74) is 1.18. The Hall–Kier alpha value is -3.00. The molecule has 4 rings (SSSR count). The molecule has 0 spiro atoms. The Morgan fingerprint density at radius 1 is 1.07 bits per heavy atom. The third kappa shape index (κ3) is 4.43. The molecule has 1 N–H and O–H groups in total. The molecular weight excluding hydrogens is 400 g/mol. The fraction of sp³-hybridized carbons (Fsp3) is 0.318. The predicted molar refractivity (Wildman–Crippen MR) is 117 cm³/mol. The van der Waals surface area contributed by atoms with Gasteiger partial charge >= 0.3 is 6.03 Å². The number of amides is 3. The number of amidine groups is 1. The minimum absolute atomic E-state index is 0.300. The number of thioether (sulfide) groups is 1. The molecule has 2 aromatic rings. The average Bonchev–Trinajstić information content (AvgIpc) is 3.14. The van der Waals surface area contributed by atoms with Crippen LogP contribution < -0.4 is 10.1 Å². The van der Waals surface area contributed by atoms with Crippen molar-refractivity contribution in [3.8, 4) is 5.75 Å². The molecule has 7 nitrogen and oxygen atoms in total. The highest BCUT2D eigenvalue weighted by Crippen LogP contribution is 2.30. The first kappa shape index (κ1) is 20.3. The van der Waals surface area contributed by atoms with Gasteiger partial charge in [-0.25, -0.2) is 9.79 Å². The number of carbonyl (C=O) groups excluding carboxylic acids is 2. The van der Waals surface area contributed by atoms with Gasteiger partial charge in [0.1, 0.15) is 5.75 Å². The zero-order valence-electron chi connectivity index (χ0n) is 16.7. The molecule has 0 bridgehead atoms. The van der Waals surface area contributed by atoms with E-state index in [1.165, 1.54) is 10.5 Å². The first-order valence-electron chi connectivity index (χ1n) is 9.90. The fourth-order valence-corrected chi connectivity index (χ4v) is 4.56. The number of carbonyl (C=O) groups is 2. The minimum atomic E-state index is -0.511. The number of hydrogen-bond acceptors (Lipinski definition) is 6. The lowest BCUT2D eigenvalue weighted by Crippen LogP contribution is -2.63. The van der Waals surface area contributed by atoms with Gasteiger partial charge in [0, 0.05) is 19.3 Å². The third-order valence-electron chi connectivity index (χ3n) is 5.09. The number of rotatable bonds is 7. The number of hydrogen-bond donors (Lipinski definition) is 1. The van der Waals surface area contributed by atoms with Crippen LogP contribution in [0.1, 0.15) is 12.0 Å². The van der Waals surface area contributed by atoms with Gasteiger partial charge < -0.3 is 14.5 Å². The van der Waals surface area contributed by atoms with Gasteiger partial charge in [-0.15, -0.1) is 0 Å². The molecule has 2 unspecified atom stereocenters. The maximum Gasteiger partial charge on any atom is 0.325 e. The summed E-state index contributed by atoms with van der Waals surface area (Å²) in [7, 11) is 1.67. The SMILES string of the molecule is CN1C(=O)NC(=O)C2C1N=C(SCc1ccccc1)N2CCCOc1ccccc1. The van der Waals surface area contributed by atoms with E-state index in [0.29, 0.717) is 13.2 Å². The molecule has 2 heterocycles. The molecule has 0 saturated carbocycles. The molecule has 1 fully saturated rings. The molecule has 0 aliphatic carbocycles.